The Labute approximate surface area is 252 Å². The normalized spacial score (nSPS) is 13.6. The Kier molecular flexibility index (Phi) is 13.4. The average Bonchev–Trinajstić information content (AvgIpc) is 2.79. The molecule has 257 valence electrons. The molecule has 0 aliphatic carbocycles. The van der Waals surface area contributed by atoms with Gasteiger partial charge in [-0.05, 0) is 69.4 Å². The van der Waals surface area contributed by atoms with Gasteiger partial charge >= 0.3 is 58.5 Å². The summed E-state index contributed by atoms with van der Waals surface area (Å²) in [5, 5.41) is 9.46. The van der Waals surface area contributed by atoms with Crippen LogP contribution in [0.15, 0.2) is 24.3 Å². The second-order valence-corrected chi connectivity index (χ2v) is 9.81. The van der Waals surface area contributed by atoms with Crippen LogP contribution in [0.2, 0.25) is 0 Å². The van der Waals surface area contributed by atoms with E-state index in [-0.39, 0.29) is 33.4 Å². The van der Waals surface area contributed by atoms with Gasteiger partial charge in [0.25, 0.3) is 0 Å². The summed E-state index contributed by atoms with van der Waals surface area (Å²) in [5.74, 6) is -0.528. The van der Waals surface area contributed by atoms with Gasteiger partial charge in [-0.25, -0.2) is 8.78 Å². The number of aryl methyl sites for hydroxylation is 4. The quantitative estimate of drug-likeness (QED) is 0.194. The number of aliphatic hydroxyl groups excluding tert-OH is 1. The average molecular weight is 721 g/mol. The van der Waals surface area contributed by atoms with Crippen LogP contribution >= 0.6 is 0 Å². The summed E-state index contributed by atoms with van der Waals surface area (Å²) in [7, 11) is 0. The molecule has 0 saturated carbocycles. The third kappa shape index (κ3) is 8.73. The second-order valence-electron chi connectivity index (χ2n) is 9.61. The topological polar surface area (TPSA) is 71.4 Å². The maximum atomic E-state index is 13.9. The molecule has 2 aromatic rings. The van der Waals surface area contributed by atoms with Crippen molar-refractivity contribution < 1.29 is 93.9 Å². The molecule has 0 saturated heterocycles. The SMILES string of the molecule is CC(=O)c1c(C)cc(C(F)(C(F)(F)F)C(F)(F)F)cc1C.Cc1cc(C(F)(C(F)(F)F)C(F)(F)F)cc(C)c1C(C)O.[O]=[Mn]=[O]. The Balaban J connectivity index is 0.000000791. The summed E-state index contributed by atoms with van der Waals surface area (Å²) in [4.78, 5) is 11.3. The molecule has 0 radical (unpaired) electrons. The molecule has 0 aliphatic heterocycles. The minimum absolute atomic E-state index is 0.0227. The third-order valence-corrected chi connectivity index (χ3v) is 6.25. The maximum absolute atomic E-state index is 13.9. The van der Waals surface area contributed by atoms with Gasteiger partial charge in [0.05, 0.1) is 6.10 Å². The fraction of sp³-hybridized carbons (Fsp3) is 0.500. The predicted molar refractivity (Wildman–Crippen MR) is 124 cm³/mol. The molecule has 0 heterocycles. The van der Waals surface area contributed by atoms with Crippen molar-refractivity contribution in [2.75, 3.05) is 0 Å². The van der Waals surface area contributed by atoms with E-state index in [4.69, 9.17) is 7.67 Å². The molecule has 0 bridgehead atoms. The molecule has 0 aromatic heterocycles. The van der Waals surface area contributed by atoms with Crippen molar-refractivity contribution >= 4 is 5.78 Å². The minimum atomic E-state index is -6.16. The number of carbonyl (C=O) groups excluding carboxylic acids is 1. The van der Waals surface area contributed by atoms with Crippen molar-refractivity contribution in [1.82, 2.24) is 0 Å². The van der Waals surface area contributed by atoms with E-state index in [1.165, 1.54) is 20.8 Å². The molecule has 1 unspecified atom stereocenters. The van der Waals surface area contributed by atoms with Crippen molar-refractivity contribution in [3.8, 4) is 0 Å². The van der Waals surface area contributed by atoms with Crippen molar-refractivity contribution in [2.24, 2.45) is 0 Å². The number of halogens is 14. The van der Waals surface area contributed by atoms with Crippen molar-refractivity contribution in [3.05, 3.63) is 68.8 Å². The number of hydrogen-bond acceptors (Lipinski definition) is 4. The van der Waals surface area contributed by atoms with Crippen LogP contribution in [-0.2, 0) is 33.8 Å². The van der Waals surface area contributed by atoms with E-state index < -0.39 is 73.9 Å². The number of aliphatic hydroxyl groups is 1. The Hall–Kier alpha value is -2.79. The first-order chi connectivity index (χ1) is 19.9. The van der Waals surface area contributed by atoms with E-state index in [9.17, 15) is 71.4 Å². The predicted octanol–water partition coefficient (Wildman–Crippen LogP) is 9.20. The van der Waals surface area contributed by atoms with Gasteiger partial charge < -0.3 is 5.11 Å². The molecule has 1 N–H and O–H groups in total. The third-order valence-electron chi connectivity index (χ3n) is 6.25. The van der Waals surface area contributed by atoms with Crippen LogP contribution in [0.5, 0.6) is 0 Å². The zero-order valence-electron chi connectivity index (χ0n) is 23.7. The van der Waals surface area contributed by atoms with Crippen molar-refractivity contribution in [3.63, 3.8) is 0 Å². The van der Waals surface area contributed by atoms with Gasteiger partial charge in [0.15, 0.2) is 5.78 Å². The monoisotopic (exact) mass is 721 g/mol. The van der Waals surface area contributed by atoms with Crippen LogP contribution in [0.25, 0.3) is 0 Å². The molecule has 4 nitrogen and oxygen atoms in total. The van der Waals surface area contributed by atoms with Crippen molar-refractivity contribution in [2.45, 2.75) is 83.7 Å². The van der Waals surface area contributed by atoms with Gasteiger partial charge in [0.1, 0.15) is 0 Å². The first kappa shape index (κ1) is 42.2. The Bertz CT molecular complexity index is 1330. The zero-order chi connectivity index (χ0) is 36.3. The molecular formula is C26H24F14MnO4. The van der Waals surface area contributed by atoms with Crippen LogP contribution in [0.4, 0.5) is 61.5 Å². The molecule has 0 fully saturated rings. The molecule has 2 aromatic carbocycles. The van der Waals surface area contributed by atoms with Crippen LogP contribution in [0, 0.1) is 27.7 Å². The van der Waals surface area contributed by atoms with E-state index in [1.807, 2.05) is 0 Å². The summed E-state index contributed by atoms with van der Waals surface area (Å²) in [6, 6.07) is 1.75. The van der Waals surface area contributed by atoms with Gasteiger partial charge in [-0.2, -0.15) is 52.7 Å². The summed E-state index contributed by atoms with van der Waals surface area (Å²) in [5.41, 5.74) is -14.3. The van der Waals surface area contributed by atoms with Gasteiger partial charge in [-0.15, -0.1) is 0 Å². The van der Waals surface area contributed by atoms with Crippen LogP contribution in [0.1, 0.15) is 69.3 Å². The van der Waals surface area contributed by atoms with E-state index in [0.29, 0.717) is 24.3 Å². The van der Waals surface area contributed by atoms with Crippen LogP contribution < -0.4 is 0 Å². The fourth-order valence-corrected chi connectivity index (χ4v) is 4.53. The zero-order valence-corrected chi connectivity index (χ0v) is 24.9. The number of Topliss-reactive ketones (excluding diaryl/α,β-unsaturated/α-hetero) is 1. The number of hydrogen-bond donors (Lipinski definition) is 1. The summed E-state index contributed by atoms with van der Waals surface area (Å²) in [6.07, 6.45) is -25.7. The van der Waals surface area contributed by atoms with Crippen molar-refractivity contribution in [1.29, 1.82) is 0 Å². The van der Waals surface area contributed by atoms with Crippen LogP contribution in [0.3, 0.4) is 0 Å². The van der Waals surface area contributed by atoms with Gasteiger partial charge in [-0.3, -0.25) is 4.79 Å². The number of ketones is 1. The van der Waals surface area contributed by atoms with E-state index in [0.717, 1.165) is 20.8 Å². The first-order valence-electron chi connectivity index (χ1n) is 11.8. The first-order valence-corrected chi connectivity index (χ1v) is 12.8. The summed E-state index contributed by atoms with van der Waals surface area (Å²) < 4.78 is 196. The molecule has 1 atom stereocenters. The molecule has 2 rings (SSSR count). The standard InChI is InChI=1S/C13H13F7O.C13H11F7O.Mn.2O/c2*1-6-4-9(5-7(2)10(6)8(3)21)11(14,12(15,16)17)13(18,19)20;;;/h4-5,8,21H,1-3H3;4-5H,1-3H3;;;. The Morgan fingerprint density at radius 2 is 0.822 bits per heavy atom. The molecule has 0 aliphatic rings. The molecule has 0 spiro atoms. The van der Waals surface area contributed by atoms with E-state index >= 15 is 0 Å². The van der Waals surface area contributed by atoms with E-state index in [1.54, 1.807) is 0 Å². The number of carbonyl (C=O) groups is 1. The second kappa shape index (κ2) is 14.3. The molecular weight excluding hydrogens is 697 g/mol. The van der Waals surface area contributed by atoms with Gasteiger partial charge in [0, 0.05) is 16.7 Å². The Morgan fingerprint density at radius 1 is 0.600 bits per heavy atom. The Morgan fingerprint density at radius 3 is 1.00 bits per heavy atom. The van der Waals surface area contributed by atoms with Crippen LogP contribution in [-0.4, -0.2) is 35.6 Å². The number of benzene rings is 2. The molecule has 0 amide bonds. The summed E-state index contributed by atoms with van der Waals surface area (Å²) >= 11 is -1.44. The molecule has 19 heteroatoms. The molecule has 45 heavy (non-hydrogen) atoms. The van der Waals surface area contributed by atoms with Gasteiger partial charge in [-0.1, -0.05) is 24.3 Å². The number of alkyl halides is 14. The van der Waals surface area contributed by atoms with E-state index in [2.05, 4.69) is 0 Å². The van der Waals surface area contributed by atoms with Gasteiger partial charge in [0.2, 0.25) is 0 Å². The number of rotatable bonds is 4. The summed E-state index contributed by atoms with van der Waals surface area (Å²) in [6.45, 7) is 7.16. The fourth-order valence-electron chi connectivity index (χ4n) is 4.53.